The van der Waals surface area contributed by atoms with E-state index in [0.29, 0.717) is 15.7 Å². The molecule has 1 aromatic rings. The van der Waals surface area contributed by atoms with E-state index in [2.05, 4.69) is 37.2 Å². The minimum atomic E-state index is -0.575. The van der Waals surface area contributed by atoms with Crippen LogP contribution in [0.3, 0.4) is 0 Å². The van der Waals surface area contributed by atoms with Crippen LogP contribution >= 0.6 is 31.9 Å². The van der Waals surface area contributed by atoms with E-state index >= 15 is 0 Å². The van der Waals surface area contributed by atoms with Gasteiger partial charge in [0.15, 0.2) is 0 Å². The first-order valence-corrected chi connectivity index (χ1v) is 6.03. The molecule has 0 unspecified atom stereocenters. The molecule has 2 rings (SSSR count). The summed E-state index contributed by atoms with van der Waals surface area (Å²) in [4.78, 5) is 22.2. The van der Waals surface area contributed by atoms with Crippen LogP contribution in [0.2, 0.25) is 0 Å². The summed E-state index contributed by atoms with van der Waals surface area (Å²) in [5.41, 5.74) is 0.962. The van der Waals surface area contributed by atoms with E-state index in [1.807, 2.05) is 13.8 Å². The Morgan fingerprint density at radius 2 is 1.73 bits per heavy atom. The lowest BCUT2D eigenvalue weighted by Gasteiger charge is -2.00. The molecule has 1 aliphatic heterocycles. The number of hydrogen-bond donors (Lipinski definition) is 1. The summed E-state index contributed by atoms with van der Waals surface area (Å²) in [6, 6.07) is 3.40. The molecule has 1 heterocycles. The Morgan fingerprint density at radius 3 is 2.33 bits per heavy atom. The summed E-state index contributed by atoms with van der Waals surface area (Å²) in [7, 11) is 0. The lowest BCUT2D eigenvalue weighted by Crippen LogP contribution is -2.12. The van der Waals surface area contributed by atoms with Gasteiger partial charge >= 0.3 is 0 Å². The standard InChI is InChI=1S/C8H3Br2NO2.C2H6/c9-3-1-4-6(5(10)2-3)11-8(13)7(4)12;1-2/h1-2H,(H,11,12,13);1-2H3. The fraction of sp³-hybridized carbons (Fsp3) is 0.200. The number of amides is 1. The second-order valence-corrected chi connectivity index (χ2v) is 4.36. The van der Waals surface area contributed by atoms with E-state index in [9.17, 15) is 9.59 Å². The van der Waals surface area contributed by atoms with Crippen LogP contribution < -0.4 is 5.32 Å². The zero-order chi connectivity index (χ0) is 11.6. The van der Waals surface area contributed by atoms with Crippen molar-refractivity contribution in [3.05, 3.63) is 26.6 Å². The van der Waals surface area contributed by atoms with Crippen LogP contribution in [0.25, 0.3) is 0 Å². The molecule has 3 nitrogen and oxygen atoms in total. The molecule has 1 amide bonds. The quantitative estimate of drug-likeness (QED) is 0.739. The lowest BCUT2D eigenvalue weighted by atomic mass is 10.1. The minimum absolute atomic E-state index is 0.409. The molecule has 0 saturated heterocycles. The summed E-state index contributed by atoms with van der Waals surface area (Å²) < 4.78 is 1.47. The fourth-order valence-corrected chi connectivity index (χ4v) is 2.50. The number of anilines is 1. The number of rotatable bonds is 0. The second-order valence-electron chi connectivity index (χ2n) is 2.59. The highest BCUT2D eigenvalue weighted by atomic mass is 79.9. The van der Waals surface area contributed by atoms with Crippen molar-refractivity contribution in [2.45, 2.75) is 13.8 Å². The van der Waals surface area contributed by atoms with Gasteiger partial charge in [0.1, 0.15) is 0 Å². The van der Waals surface area contributed by atoms with Gasteiger partial charge in [-0.2, -0.15) is 0 Å². The van der Waals surface area contributed by atoms with Crippen LogP contribution in [0.15, 0.2) is 21.1 Å². The molecule has 5 heteroatoms. The minimum Gasteiger partial charge on any atom is -0.317 e. The first kappa shape index (κ1) is 12.4. The largest absolute Gasteiger partial charge is 0.317 e. The SMILES string of the molecule is CC.O=C1Nc2c(Br)cc(Br)cc2C1=O. The molecular formula is C10H9Br2NO2. The predicted molar refractivity (Wildman–Crippen MR) is 66.2 cm³/mol. The van der Waals surface area contributed by atoms with E-state index in [1.165, 1.54) is 0 Å². The van der Waals surface area contributed by atoms with Crippen LogP contribution in [0.5, 0.6) is 0 Å². The number of fused-ring (bicyclic) bond motifs is 1. The normalized spacial score (nSPS) is 12.8. The van der Waals surface area contributed by atoms with E-state index < -0.39 is 11.7 Å². The van der Waals surface area contributed by atoms with Gasteiger partial charge in [-0.25, -0.2) is 0 Å². The number of benzene rings is 1. The Balaban J connectivity index is 0.000000531. The van der Waals surface area contributed by atoms with E-state index in [0.717, 1.165) is 4.47 Å². The number of Topliss-reactive ketones (excluding diaryl/α,β-unsaturated/α-hetero) is 1. The monoisotopic (exact) mass is 333 g/mol. The van der Waals surface area contributed by atoms with Gasteiger partial charge in [-0.15, -0.1) is 0 Å². The predicted octanol–water partition coefficient (Wildman–Crippen LogP) is 3.37. The Bertz CT molecular complexity index is 430. The van der Waals surface area contributed by atoms with Crippen molar-refractivity contribution in [3.8, 4) is 0 Å². The van der Waals surface area contributed by atoms with Crippen molar-refractivity contribution in [3.63, 3.8) is 0 Å². The summed E-state index contributed by atoms with van der Waals surface area (Å²) in [5, 5.41) is 2.49. The molecule has 1 aromatic carbocycles. The maximum absolute atomic E-state index is 11.2. The third kappa shape index (κ3) is 2.29. The van der Waals surface area contributed by atoms with Crippen molar-refractivity contribution >= 4 is 49.2 Å². The molecule has 0 aliphatic carbocycles. The first-order chi connectivity index (χ1) is 7.09. The van der Waals surface area contributed by atoms with Crippen molar-refractivity contribution in [1.82, 2.24) is 0 Å². The van der Waals surface area contributed by atoms with Crippen LogP contribution in [-0.4, -0.2) is 11.7 Å². The van der Waals surface area contributed by atoms with Gasteiger partial charge in [-0.1, -0.05) is 29.8 Å². The first-order valence-electron chi connectivity index (χ1n) is 4.44. The summed E-state index contributed by atoms with van der Waals surface area (Å²) >= 11 is 6.50. The highest BCUT2D eigenvalue weighted by Gasteiger charge is 2.29. The van der Waals surface area contributed by atoms with Crippen molar-refractivity contribution in [1.29, 1.82) is 0 Å². The summed E-state index contributed by atoms with van der Waals surface area (Å²) in [5.74, 6) is -1.06. The maximum atomic E-state index is 11.2. The molecule has 0 aromatic heterocycles. The Labute approximate surface area is 104 Å². The molecule has 0 atom stereocenters. The third-order valence-electron chi connectivity index (χ3n) is 1.74. The third-order valence-corrected chi connectivity index (χ3v) is 2.83. The van der Waals surface area contributed by atoms with Crippen molar-refractivity contribution in [2.75, 3.05) is 5.32 Å². The van der Waals surface area contributed by atoms with Crippen molar-refractivity contribution in [2.24, 2.45) is 0 Å². The van der Waals surface area contributed by atoms with Gasteiger partial charge in [0.05, 0.1) is 11.3 Å². The molecule has 0 bridgehead atoms. The molecule has 0 radical (unpaired) electrons. The molecule has 15 heavy (non-hydrogen) atoms. The maximum Gasteiger partial charge on any atom is 0.296 e. The van der Waals surface area contributed by atoms with E-state index in [-0.39, 0.29) is 0 Å². The van der Waals surface area contributed by atoms with Gasteiger partial charge in [-0.05, 0) is 28.1 Å². The molecule has 0 spiro atoms. The highest BCUT2D eigenvalue weighted by Crippen LogP contribution is 2.34. The molecule has 80 valence electrons. The number of hydrogen-bond acceptors (Lipinski definition) is 2. The number of ketones is 1. The zero-order valence-electron chi connectivity index (χ0n) is 8.23. The van der Waals surface area contributed by atoms with Gasteiger partial charge < -0.3 is 5.32 Å². The smallest absolute Gasteiger partial charge is 0.296 e. The van der Waals surface area contributed by atoms with E-state index in [4.69, 9.17) is 0 Å². The van der Waals surface area contributed by atoms with Crippen LogP contribution in [-0.2, 0) is 4.79 Å². The van der Waals surface area contributed by atoms with Gasteiger partial charge in [-0.3, -0.25) is 9.59 Å². The van der Waals surface area contributed by atoms with Crippen molar-refractivity contribution < 1.29 is 9.59 Å². The summed E-state index contributed by atoms with van der Waals surface area (Å²) in [6.45, 7) is 4.00. The number of carbonyl (C=O) groups excluding carboxylic acids is 2. The number of halogens is 2. The lowest BCUT2D eigenvalue weighted by molar-refractivity contribution is -0.112. The Kier molecular flexibility index (Phi) is 4.04. The Morgan fingerprint density at radius 1 is 1.13 bits per heavy atom. The van der Waals surface area contributed by atoms with Crippen LogP contribution in [0.1, 0.15) is 24.2 Å². The zero-order valence-corrected chi connectivity index (χ0v) is 11.4. The van der Waals surface area contributed by atoms with E-state index in [1.54, 1.807) is 12.1 Å². The fourth-order valence-electron chi connectivity index (χ4n) is 1.17. The van der Waals surface area contributed by atoms with Gasteiger partial charge in [0.25, 0.3) is 11.7 Å². The molecule has 1 aliphatic rings. The average molecular weight is 335 g/mol. The average Bonchev–Trinajstić information content (AvgIpc) is 2.49. The molecular weight excluding hydrogens is 326 g/mol. The number of carbonyl (C=O) groups is 2. The topological polar surface area (TPSA) is 46.2 Å². The Hall–Kier alpha value is -0.680. The molecule has 1 N–H and O–H groups in total. The number of nitrogens with one attached hydrogen (secondary N) is 1. The molecule has 0 saturated carbocycles. The van der Waals surface area contributed by atoms with Gasteiger partial charge in [0.2, 0.25) is 0 Å². The van der Waals surface area contributed by atoms with Gasteiger partial charge in [0, 0.05) is 8.95 Å². The van der Waals surface area contributed by atoms with Crippen LogP contribution in [0.4, 0.5) is 5.69 Å². The molecule has 0 fully saturated rings. The highest BCUT2D eigenvalue weighted by molar-refractivity contribution is 9.11. The summed E-state index contributed by atoms with van der Waals surface area (Å²) in [6.07, 6.45) is 0. The second kappa shape index (κ2) is 4.90. The van der Waals surface area contributed by atoms with Crippen LogP contribution in [0, 0.1) is 0 Å².